The first-order chi connectivity index (χ1) is 33.1. The van der Waals surface area contributed by atoms with Crippen LogP contribution in [0.25, 0.3) is 11.1 Å². The number of nitrogens with one attached hydrogen (secondary N) is 2. The molecule has 0 aliphatic heterocycles. The van der Waals surface area contributed by atoms with Gasteiger partial charge >= 0.3 is 0 Å². The van der Waals surface area contributed by atoms with Gasteiger partial charge in [-0.15, -0.1) is 0 Å². The molecule has 0 saturated heterocycles. The first kappa shape index (κ1) is 51.4. The van der Waals surface area contributed by atoms with E-state index in [1.807, 2.05) is 57.2 Å². The second kappa shape index (κ2) is 23.9. The second-order valence-corrected chi connectivity index (χ2v) is 18.8. The highest BCUT2D eigenvalue weighted by molar-refractivity contribution is 5.98. The van der Waals surface area contributed by atoms with Gasteiger partial charge in [-0.2, -0.15) is 0 Å². The highest BCUT2D eigenvalue weighted by atomic mass is 16.5. The summed E-state index contributed by atoms with van der Waals surface area (Å²) in [5, 5.41) is 25.9. The number of aryl methyl sites for hydroxylation is 2. The number of phenols is 2. The highest BCUT2D eigenvalue weighted by Crippen LogP contribution is 2.50. The summed E-state index contributed by atoms with van der Waals surface area (Å²) in [6.45, 7) is 7.80. The molecule has 5 aromatic carbocycles. The van der Waals surface area contributed by atoms with Crippen molar-refractivity contribution in [3.63, 3.8) is 0 Å². The summed E-state index contributed by atoms with van der Waals surface area (Å²) in [6.07, 6.45) is 2.98. The molecule has 69 heavy (non-hydrogen) atoms. The Morgan fingerprint density at radius 1 is 0.696 bits per heavy atom. The molecule has 5 aromatic rings. The van der Waals surface area contributed by atoms with Gasteiger partial charge in [0.15, 0.2) is 17.3 Å². The molecule has 5 atom stereocenters. The van der Waals surface area contributed by atoms with Crippen molar-refractivity contribution in [3.8, 4) is 39.9 Å². The summed E-state index contributed by atoms with van der Waals surface area (Å²) in [4.78, 5) is 71.5. The smallest absolute Gasteiger partial charge is 0.228 e. The van der Waals surface area contributed by atoms with Crippen LogP contribution in [-0.4, -0.2) is 61.0 Å². The summed E-state index contributed by atoms with van der Waals surface area (Å²) in [5.41, 5.74) is 5.41. The van der Waals surface area contributed by atoms with Crippen LogP contribution in [0, 0.1) is 23.7 Å². The predicted octanol–water partition coefficient (Wildman–Crippen LogP) is 9.57. The number of benzene rings is 4. The Morgan fingerprint density at radius 3 is 1.87 bits per heavy atom. The maximum atomic E-state index is 14.6. The van der Waals surface area contributed by atoms with Gasteiger partial charge in [-0.1, -0.05) is 88.4 Å². The molecule has 0 aromatic heterocycles. The normalized spacial score (nSPS) is 14.8. The van der Waals surface area contributed by atoms with Gasteiger partial charge in [0.1, 0.15) is 17.3 Å². The molecular formula is C57H66N2O10. The van der Waals surface area contributed by atoms with Crippen molar-refractivity contribution in [1.29, 1.82) is 0 Å². The number of amides is 2. The van der Waals surface area contributed by atoms with Crippen LogP contribution in [0.4, 0.5) is 5.69 Å². The van der Waals surface area contributed by atoms with Crippen LogP contribution in [0.1, 0.15) is 93.5 Å². The molecule has 12 nitrogen and oxygen atoms in total. The van der Waals surface area contributed by atoms with Crippen molar-refractivity contribution in [2.75, 3.05) is 26.6 Å². The van der Waals surface area contributed by atoms with Gasteiger partial charge in [0, 0.05) is 36.2 Å². The third-order valence-corrected chi connectivity index (χ3v) is 13.2. The van der Waals surface area contributed by atoms with Crippen molar-refractivity contribution < 1.29 is 43.6 Å². The molecule has 0 fully saturated rings. The fourth-order valence-electron chi connectivity index (χ4n) is 9.24. The van der Waals surface area contributed by atoms with Crippen molar-refractivity contribution in [2.24, 2.45) is 23.7 Å². The minimum atomic E-state index is -0.993. The van der Waals surface area contributed by atoms with Gasteiger partial charge < -0.3 is 35.1 Å². The maximum absolute atomic E-state index is 14.6. The van der Waals surface area contributed by atoms with E-state index >= 15 is 0 Å². The lowest BCUT2D eigenvalue weighted by molar-refractivity contribution is -0.134. The molecule has 0 unspecified atom stereocenters. The third-order valence-electron chi connectivity index (χ3n) is 13.2. The highest BCUT2D eigenvalue weighted by Gasteiger charge is 2.33. The number of anilines is 1. The van der Waals surface area contributed by atoms with Gasteiger partial charge in [0.2, 0.25) is 23.0 Å². The quantitative estimate of drug-likeness (QED) is 0.0523. The number of hydrogen-bond acceptors (Lipinski definition) is 10. The average molecular weight is 939 g/mol. The van der Waals surface area contributed by atoms with Crippen molar-refractivity contribution in [3.05, 3.63) is 141 Å². The number of aromatic hydroxyl groups is 2. The predicted molar refractivity (Wildman–Crippen MR) is 268 cm³/mol. The van der Waals surface area contributed by atoms with Crippen LogP contribution in [0.2, 0.25) is 0 Å². The molecule has 6 rings (SSSR count). The number of rotatable bonds is 22. The molecule has 0 bridgehead atoms. The number of ether oxygens (including phenoxy) is 3. The Balaban J connectivity index is 1.28. The molecule has 0 radical (unpaired) electrons. The Bertz CT molecular complexity index is 2650. The van der Waals surface area contributed by atoms with Crippen LogP contribution in [-0.2, 0) is 44.9 Å². The molecule has 1 aliphatic carbocycles. The first-order valence-electron chi connectivity index (χ1n) is 23.9. The number of ketones is 2. The number of carbonyl (C=O) groups excluding carboxylic acids is 4. The van der Waals surface area contributed by atoms with Gasteiger partial charge in [-0.25, -0.2) is 0 Å². The average Bonchev–Trinajstić information content (AvgIpc) is 3.57. The Kier molecular flexibility index (Phi) is 17.8. The minimum Gasteiger partial charge on any atom is -0.508 e. The van der Waals surface area contributed by atoms with E-state index < -0.39 is 35.1 Å². The van der Waals surface area contributed by atoms with E-state index in [0.717, 1.165) is 39.8 Å². The molecule has 0 saturated carbocycles. The maximum Gasteiger partial charge on any atom is 0.228 e. The van der Waals surface area contributed by atoms with Gasteiger partial charge in [-0.3, -0.25) is 24.0 Å². The Labute approximate surface area is 405 Å². The summed E-state index contributed by atoms with van der Waals surface area (Å²) in [7, 11) is 4.66. The number of carbonyl (C=O) groups is 4. The van der Waals surface area contributed by atoms with Crippen molar-refractivity contribution >= 4 is 29.1 Å². The molecule has 0 spiro atoms. The third kappa shape index (κ3) is 13.4. The Hall–Kier alpha value is -6.95. The van der Waals surface area contributed by atoms with Crippen LogP contribution in [0.3, 0.4) is 0 Å². The van der Waals surface area contributed by atoms with E-state index in [1.54, 1.807) is 56.7 Å². The molecular weight excluding hydrogens is 873 g/mol. The minimum absolute atomic E-state index is 0.0243. The number of methoxy groups -OCH3 is 3. The first-order valence-corrected chi connectivity index (χ1v) is 23.9. The zero-order valence-electron chi connectivity index (χ0n) is 40.8. The summed E-state index contributed by atoms with van der Waals surface area (Å²) >= 11 is 0. The molecule has 4 N–H and O–H groups in total. The standard InChI is InChI=1S/C57H66N2O10/c1-34(2)27-48(59-57(66)41(28-38-16-21-43(60)22-17-38)30-49(62)36(4)13-15-37-11-9-8-10-12-37)50(63)31-42(29-39-18-23-44(61)24-19-39)56(65)58-47-26-25-45-46(33-51(47)64)35(3)14-20-40-32-52(67-5)54(68-6)55(69-7)53(40)45/h8-12,16-19,21-26,32-36,41-42,48,60-61H,13-15,20,27-31H2,1-7H3,(H,59,66)(H,58,64,65)/t35-,36-,41+,42+,48-/m0/s1. The fourth-order valence-corrected chi connectivity index (χ4v) is 9.24. The largest absolute Gasteiger partial charge is 0.508 e. The topological polar surface area (TPSA) is 178 Å². The lowest BCUT2D eigenvalue weighted by Gasteiger charge is -2.25. The Morgan fingerprint density at radius 2 is 1.29 bits per heavy atom. The van der Waals surface area contributed by atoms with Crippen LogP contribution < -0.4 is 30.3 Å². The van der Waals surface area contributed by atoms with Crippen molar-refractivity contribution in [1.82, 2.24) is 5.32 Å². The zero-order chi connectivity index (χ0) is 49.8. The van der Waals surface area contributed by atoms with E-state index in [9.17, 15) is 34.2 Å². The van der Waals surface area contributed by atoms with Crippen LogP contribution in [0.5, 0.6) is 28.7 Å². The number of hydrogen-bond donors (Lipinski definition) is 4. The van der Waals surface area contributed by atoms with Gasteiger partial charge in [-0.05, 0) is 133 Å². The van der Waals surface area contributed by atoms with Gasteiger partial charge in [0.25, 0.3) is 0 Å². The number of fused-ring (bicyclic) bond motifs is 3. The fraction of sp³-hybridized carbons (Fsp3) is 0.386. The molecule has 12 heteroatoms. The zero-order valence-corrected chi connectivity index (χ0v) is 40.8. The van der Waals surface area contributed by atoms with E-state index in [1.165, 1.54) is 31.4 Å². The lowest BCUT2D eigenvalue weighted by Crippen LogP contribution is -2.46. The number of phenolic OH excluding ortho intramolecular Hbond substituents is 2. The van der Waals surface area contributed by atoms with E-state index in [-0.39, 0.29) is 78.6 Å². The summed E-state index contributed by atoms with van der Waals surface area (Å²) in [6, 6.07) is 28.6. The SMILES string of the molecule is COc1cc2c(c(OC)c1OC)-c1ccc(NC(=O)[C@@H](CC(=O)[C@H](CC(C)C)NC(=O)[C@@H](CC(=O)[C@@H](C)CCc3ccccc3)Cc3ccc(O)cc3)Cc3ccc(O)cc3)c(=O)cc1[C@@H](C)CC2. The van der Waals surface area contributed by atoms with Crippen LogP contribution >= 0.6 is 0 Å². The monoisotopic (exact) mass is 938 g/mol. The molecule has 0 heterocycles. The summed E-state index contributed by atoms with van der Waals surface area (Å²) < 4.78 is 17.3. The molecule has 364 valence electrons. The van der Waals surface area contributed by atoms with Gasteiger partial charge in [0.05, 0.1) is 33.1 Å². The summed E-state index contributed by atoms with van der Waals surface area (Å²) in [5.74, 6) is -2.15. The second-order valence-electron chi connectivity index (χ2n) is 18.8. The lowest BCUT2D eigenvalue weighted by atomic mass is 9.86. The van der Waals surface area contributed by atoms with E-state index in [2.05, 4.69) is 17.6 Å². The van der Waals surface area contributed by atoms with Crippen LogP contribution in [0.15, 0.2) is 108 Å². The van der Waals surface area contributed by atoms with E-state index in [4.69, 9.17) is 14.2 Å². The van der Waals surface area contributed by atoms with E-state index in [0.29, 0.717) is 42.1 Å². The molecule has 2 amide bonds. The van der Waals surface area contributed by atoms with Crippen molar-refractivity contribution in [2.45, 2.75) is 97.4 Å². The molecule has 1 aliphatic rings. The number of Topliss-reactive ketones (excluding diaryl/α,β-unsaturated/α-hetero) is 2.